The van der Waals surface area contributed by atoms with Crippen molar-refractivity contribution in [3.05, 3.63) is 51.4 Å². The molecule has 0 saturated heterocycles. The van der Waals surface area contributed by atoms with Crippen molar-refractivity contribution in [3.63, 3.8) is 0 Å². The lowest BCUT2D eigenvalue weighted by molar-refractivity contribution is -0.192. The number of benzene rings is 1. The van der Waals surface area contributed by atoms with E-state index in [9.17, 15) is 22.4 Å². The SMILES string of the molecule is Cc1cc(F)cc(-n2cc(NC(=O)c3nc4c(s3)CN(C)CC4)nn2)c1.O=C(O)C(F)(F)F. The number of aryl methyl sites for hydroxylation is 1. The number of nitrogens with zero attached hydrogens (tertiary/aromatic N) is 5. The number of carbonyl (C=O) groups is 2. The smallest absolute Gasteiger partial charge is 0.475 e. The van der Waals surface area contributed by atoms with E-state index in [2.05, 4.69) is 32.6 Å². The summed E-state index contributed by atoms with van der Waals surface area (Å²) in [5.74, 6) is -3.12. The van der Waals surface area contributed by atoms with Crippen LogP contribution in [0.4, 0.5) is 23.4 Å². The Morgan fingerprint density at radius 3 is 2.58 bits per heavy atom. The summed E-state index contributed by atoms with van der Waals surface area (Å²) < 4.78 is 46.7. The van der Waals surface area contributed by atoms with E-state index in [1.165, 1.54) is 28.2 Å². The first-order valence-electron chi connectivity index (χ1n) is 9.41. The lowest BCUT2D eigenvalue weighted by Gasteiger charge is -2.20. The Kier molecular flexibility index (Phi) is 7.07. The molecule has 33 heavy (non-hydrogen) atoms. The molecule has 0 aliphatic carbocycles. The van der Waals surface area contributed by atoms with Gasteiger partial charge in [0.25, 0.3) is 5.91 Å². The Bertz CT molecular complexity index is 1160. The number of aliphatic carboxylic acids is 1. The van der Waals surface area contributed by atoms with E-state index in [-0.39, 0.29) is 11.7 Å². The second kappa shape index (κ2) is 9.62. The Morgan fingerprint density at radius 2 is 1.94 bits per heavy atom. The zero-order valence-electron chi connectivity index (χ0n) is 17.4. The standard InChI is InChI=1S/C17H17FN6OS.C2HF3O2/c1-10-5-11(18)7-12(6-10)24-9-15(21-22-24)20-16(25)17-19-13-3-4-23(2)8-14(13)26-17;3-2(4,5)1(6)7/h5-7,9H,3-4,8H2,1-2H3,(H,20,25);(H,6,7). The van der Waals surface area contributed by atoms with Gasteiger partial charge in [-0.15, -0.1) is 16.4 Å². The normalized spacial score (nSPS) is 13.6. The van der Waals surface area contributed by atoms with E-state index in [0.717, 1.165) is 35.6 Å². The molecule has 1 aromatic carbocycles. The molecule has 1 aliphatic heterocycles. The maximum Gasteiger partial charge on any atom is 0.490 e. The second-order valence-electron chi connectivity index (χ2n) is 7.17. The van der Waals surface area contributed by atoms with Crippen LogP contribution in [0.2, 0.25) is 0 Å². The number of rotatable bonds is 3. The summed E-state index contributed by atoms with van der Waals surface area (Å²) in [4.78, 5) is 29.1. The molecule has 0 atom stereocenters. The summed E-state index contributed by atoms with van der Waals surface area (Å²) in [6, 6.07) is 4.58. The zero-order valence-corrected chi connectivity index (χ0v) is 18.2. The molecule has 0 spiro atoms. The highest BCUT2D eigenvalue weighted by atomic mass is 32.1. The number of hydrogen-bond donors (Lipinski definition) is 2. The number of thiazole rings is 1. The van der Waals surface area contributed by atoms with Crippen LogP contribution in [0.3, 0.4) is 0 Å². The number of hydrogen-bond acceptors (Lipinski definition) is 7. The van der Waals surface area contributed by atoms with Crippen LogP contribution < -0.4 is 5.32 Å². The van der Waals surface area contributed by atoms with E-state index < -0.39 is 12.1 Å². The molecule has 0 bridgehead atoms. The quantitative estimate of drug-likeness (QED) is 0.547. The molecular weight excluding hydrogens is 468 g/mol. The van der Waals surface area contributed by atoms with Crippen LogP contribution in [-0.4, -0.2) is 61.6 Å². The lowest BCUT2D eigenvalue weighted by atomic mass is 10.2. The minimum atomic E-state index is -5.08. The van der Waals surface area contributed by atoms with Crippen molar-refractivity contribution < 1.29 is 32.3 Å². The molecule has 0 unspecified atom stereocenters. The van der Waals surface area contributed by atoms with E-state index >= 15 is 0 Å². The third-order valence-corrected chi connectivity index (χ3v) is 5.47. The first-order valence-corrected chi connectivity index (χ1v) is 10.2. The van der Waals surface area contributed by atoms with Crippen molar-refractivity contribution in [3.8, 4) is 5.69 Å². The highest BCUT2D eigenvalue weighted by Crippen LogP contribution is 2.25. The van der Waals surface area contributed by atoms with Gasteiger partial charge in [0.05, 0.1) is 17.6 Å². The monoisotopic (exact) mass is 486 g/mol. The Balaban J connectivity index is 0.000000383. The molecular formula is C19H18F4N6O3S. The Labute approximate surface area is 188 Å². The lowest BCUT2D eigenvalue weighted by Crippen LogP contribution is -2.25. The largest absolute Gasteiger partial charge is 0.490 e. The van der Waals surface area contributed by atoms with Crippen LogP contribution in [0.25, 0.3) is 5.69 Å². The van der Waals surface area contributed by atoms with Crippen LogP contribution in [0.5, 0.6) is 0 Å². The molecule has 0 radical (unpaired) electrons. The Hall–Kier alpha value is -3.39. The van der Waals surface area contributed by atoms with Gasteiger partial charge in [-0.2, -0.15) is 13.2 Å². The molecule has 0 fully saturated rings. The van der Waals surface area contributed by atoms with Crippen LogP contribution in [-0.2, 0) is 17.8 Å². The third-order valence-electron chi connectivity index (χ3n) is 4.39. The molecule has 3 heterocycles. The van der Waals surface area contributed by atoms with Crippen LogP contribution in [0.1, 0.15) is 25.9 Å². The number of alkyl halides is 3. The van der Waals surface area contributed by atoms with Crippen molar-refractivity contribution in [2.75, 3.05) is 18.9 Å². The minimum Gasteiger partial charge on any atom is -0.475 e. The van der Waals surface area contributed by atoms with E-state index in [1.54, 1.807) is 19.2 Å². The first-order chi connectivity index (χ1) is 15.4. The second-order valence-corrected chi connectivity index (χ2v) is 8.25. The van der Waals surface area contributed by atoms with Gasteiger partial charge in [-0.25, -0.2) is 18.9 Å². The summed E-state index contributed by atoms with van der Waals surface area (Å²) in [5.41, 5.74) is 2.32. The van der Waals surface area contributed by atoms with E-state index in [0.29, 0.717) is 16.5 Å². The molecule has 2 N–H and O–H groups in total. The predicted octanol–water partition coefficient (Wildman–Crippen LogP) is 3.04. The van der Waals surface area contributed by atoms with Crippen LogP contribution in [0.15, 0.2) is 24.4 Å². The summed E-state index contributed by atoms with van der Waals surface area (Å²) in [7, 11) is 2.05. The fraction of sp³-hybridized carbons (Fsp3) is 0.316. The van der Waals surface area contributed by atoms with Crippen molar-refractivity contribution in [1.29, 1.82) is 0 Å². The number of carboxylic acids is 1. The van der Waals surface area contributed by atoms with Gasteiger partial charge in [0.15, 0.2) is 10.8 Å². The number of amides is 1. The third kappa shape index (κ3) is 6.32. The molecule has 176 valence electrons. The van der Waals surface area contributed by atoms with Gasteiger partial charge in [0, 0.05) is 24.4 Å². The van der Waals surface area contributed by atoms with Gasteiger partial charge in [-0.05, 0) is 37.7 Å². The molecule has 1 amide bonds. The van der Waals surface area contributed by atoms with Gasteiger partial charge in [-0.3, -0.25) is 4.79 Å². The molecule has 0 saturated carbocycles. The first kappa shape index (κ1) is 24.3. The number of fused-ring (bicyclic) bond motifs is 1. The number of halogens is 4. The predicted molar refractivity (Wildman–Crippen MR) is 110 cm³/mol. The molecule has 1 aliphatic rings. The maximum atomic E-state index is 13.6. The minimum absolute atomic E-state index is 0.294. The molecule has 2 aromatic heterocycles. The topological polar surface area (TPSA) is 113 Å². The summed E-state index contributed by atoms with van der Waals surface area (Å²) in [6.07, 6.45) is -2.68. The van der Waals surface area contributed by atoms with Gasteiger partial charge in [-0.1, -0.05) is 5.21 Å². The fourth-order valence-electron chi connectivity index (χ4n) is 2.89. The van der Waals surface area contributed by atoms with Crippen molar-refractivity contribution in [2.24, 2.45) is 0 Å². The zero-order chi connectivity index (χ0) is 24.3. The van der Waals surface area contributed by atoms with Gasteiger partial charge in [0.2, 0.25) is 0 Å². The average Bonchev–Trinajstić information content (AvgIpc) is 3.33. The van der Waals surface area contributed by atoms with Crippen LogP contribution >= 0.6 is 11.3 Å². The molecule has 3 aromatic rings. The van der Waals surface area contributed by atoms with Crippen LogP contribution in [0, 0.1) is 12.7 Å². The van der Waals surface area contributed by atoms with Crippen molar-refractivity contribution in [2.45, 2.75) is 26.1 Å². The summed E-state index contributed by atoms with van der Waals surface area (Å²) in [6.45, 7) is 3.56. The van der Waals surface area contributed by atoms with Crippen molar-refractivity contribution in [1.82, 2.24) is 24.9 Å². The molecule has 14 heteroatoms. The van der Waals surface area contributed by atoms with Gasteiger partial charge >= 0.3 is 12.1 Å². The number of carboxylic acid groups (broad SMARTS) is 1. The highest BCUT2D eigenvalue weighted by Gasteiger charge is 2.38. The highest BCUT2D eigenvalue weighted by molar-refractivity contribution is 7.13. The maximum absolute atomic E-state index is 13.6. The summed E-state index contributed by atoms with van der Waals surface area (Å²) in [5, 5.41) is 18.1. The summed E-state index contributed by atoms with van der Waals surface area (Å²) >= 11 is 1.40. The molecule has 4 rings (SSSR count). The number of likely N-dealkylation sites (N-methyl/N-ethyl adjacent to an activating group) is 1. The number of aromatic nitrogens is 4. The average molecular weight is 486 g/mol. The van der Waals surface area contributed by atoms with Crippen molar-refractivity contribution >= 4 is 29.0 Å². The van der Waals surface area contributed by atoms with E-state index in [1.807, 2.05) is 0 Å². The van der Waals surface area contributed by atoms with Gasteiger partial charge in [0.1, 0.15) is 5.82 Å². The number of nitrogens with one attached hydrogen (secondary N) is 1. The number of carbonyl (C=O) groups excluding carboxylic acids is 1. The van der Waals surface area contributed by atoms with Gasteiger partial charge < -0.3 is 15.3 Å². The van der Waals surface area contributed by atoms with E-state index in [4.69, 9.17) is 9.90 Å². The number of anilines is 1. The fourth-order valence-corrected chi connectivity index (χ4v) is 3.97. The molecule has 9 nitrogen and oxygen atoms in total. The Morgan fingerprint density at radius 1 is 1.24 bits per heavy atom.